The normalized spacial score (nSPS) is 12.0. The summed E-state index contributed by atoms with van der Waals surface area (Å²) in [6.45, 7) is -0.0935. The second kappa shape index (κ2) is 3.78. The summed E-state index contributed by atoms with van der Waals surface area (Å²) in [6, 6.07) is 0. The van der Waals surface area contributed by atoms with Crippen LogP contribution in [0, 0.1) is 0 Å². The highest BCUT2D eigenvalue weighted by molar-refractivity contribution is 4.98. The van der Waals surface area contributed by atoms with E-state index in [-0.39, 0.29) is 18.9 Å². The Balaban J connectivity index is 2.64. The van der Waals surface area contributed by atoms with Crippen molar-refractivity contribution in [3.05, 3.63) is 17.8 Å². The summed E-state index contributed by atoms with van der Waals surface area (Å²) in [4.78, 5) is 3.42. The van der Waals surface area contributed by atoms with Crippen LogP contribution in [-0.4, -0.2) is 16.7 Å². The van der Waals surface area contributed by atoms with Crippen molar-refractivity contribution >= 4 is 0 Å². The number of halogens is 3. The average molecular weight is 195 g/mol. The van der Waals surface area contributed by atoms with Gasteiger partial charge in [0.15, 0.2) is 5.89 Å². The third-order valence-electron chi connectivity index (χ3n) is 1.38. The standard InChI is InChI=1S/C7H8F3NO2/c8-7(9,10)5-4-11-6(13-5)2-1-3-12/h4,12H,1-3H2. The van der Waals surface area contributed by atoms with Gasteiger partial charge in [-0.2, -0.15) is 13.2 Å². The molecule has 1 heterocycles. The topological polar surface area (TPSA) is 46.3 Å². The van der Waals surface area contributed by atoms with Gasteiger partial charge in [-0.05, 0) is 6.42 Å². The maximum Gasteiger partial charge on any atom is 0.451 e. The first-order chi connectivity index (χ1) is 6.04. The van der Waals surface area contributed by atoms with Crippen molar-refractivity contribution in [2.45, 2.75) is 19.0 Å². The van der Waals surface area contributed by atoms with Gasteiger partial charge >= 0.3 is 6.18 Å². The molecule has 1 aromatic heterocycles. The van der Waals surface area contributed by atoms with Crippen LogP contribution < -0.4 is 0 Å². The second-order valence-electron chi connectivity index (χ2n) is 2.44. The fourth-order valence-electron chi connectivity index (χ4n) is 0.787. The van der Waals surface area contributed by atoms with E-state index in [0.717, 1.165) is 0 Å². The van der Waals surface area contributed by atoms with E-state index in [1.807, 2.05) is 0 Å². The van der Waals surface area contributed by atoms with Crippen molar-refractivity contribution in [3.63, 3.8) is 0 Å². The summed E-state index contributed by atoms with van der Waals surface area (Å²) in [5.41, 5.74) is 0. The van der Waals surface area contributed by atoms with E-state index in [4.69, 9.17) is 5.11 Å². The lowest BCUT2D eigenvalue weighted by atomic mass is 10.3. The van der Waals surface area contributed by atoms with Crippen molar-refractivity contribution < 1.29 is 22.7 Å². The van der Waals surface area contributed by atoms with E-state index < -0.39 is 11.9 Å². The Kier molecular flexibility index (Phi) is 2.92. The first-order valence-electron chi connectivity index (χ1n) is 3.67. The minimum atomic E-state index is -4.48. The Hall–Kier alpha value is -1.04. The number of alkyl halides is 3. The van der Waals surface area contributed by atoms with Crippen LogP contribution in [0.1, 0.15) is 18.1 Å². The molecule has 0 atom stereocenters. The molecule has 1 aromatic rings. The molecule has 0 fully saturated rings. The highest BCUT2D eigenvalue weighted by atomic mass is 19.4. The molecule has 0 radical (unpaired) electrons. The van der Waals surface area contributed by atoms with Gasteiger partial charge in [-0.3, -0.25) is 0 Å². The van der Waals surface area contributed by atoms with E-state index in [9.17, 15) is 13.2 Å². The van der Waals surface area contributed by atoms with E-state index in [2.05, 4.69) is 9.40 Å². The number of hydrogen-bond donors (Lipinski definition) is 1. The van der Waals surface area contributed by atoms with Crippen LogP contribution in [0.5, 0.6) is 0 Å². The average Bonchev–Trinajstić information content (AvgIpc) is 2.47. The Labute approximate surface area is 72.2 Å². The summed E-state index contributed by atoms with van der Waals surface area (Å²) in [5.74, 6) is -1.10. The van der Waals surface area contributed by atoms with E-state index in [1.165, 1.54) is 0 Å². The van der Waals surface area contributed by atoms with Gasteiger partial charge in [-0.25, -0.2) is 4.98 Å². The van der Waals surface area contributed by atoms with Crippen LogP contribution in [0.2, 0.25) is 0 Å². The number of oxazole rings is 1. The molecule has 0 unspecified atom stereocenters. The van der Waals surface area contributed by atoms with Crippen LogP contribution in [0.15, 0.2) is 10.6 Å². The van der Waals surface area contributed by atoms with Crippen molar-refractivity contribution in [1.82, 2.24) is 4.98 Å². The van der Waals surface area contributed by atoms with Crippen molar-refractivity contribution in [2.24, 2.45) is 0 Å². The number of hydrogen-bond acceptors (Lipinski definition) is 3. The van der Waals surface area contributed by atoms with Crippen LogP contribution in [0.25, 0.3) is 0 Å². The van der Waals surface area contributed by atoms with Gasteiger partial charge in [0, 0.05) is 13.0 Å². The summed E-state index contributed by atoms with van der Waals surface area (Å²) in [7, 11) is 0. The molecule has 0 saturated carbocycles. The highest BCUT2D eigenvalue weighted by Gasteiger charge is 2.35. The predicted molar refractivity (Wildman–Crippen MR) is 36.9 cm³/mol. The van der Waals surface area contributed by atoms with Crippen LogP contribution in [0.3, 0.4) is 0 Å². The van der Waals surface area contributed by atoms with Gasteiger partial charge < -0.3 is 9.52 Å². The molecular formula is C7H8F3NO2. The fourth-order valence-corrected chi connectivity index (χ4v) is 0.787. The second-order valence-corrected chi connectivity index (χ2v) is 2.44. The zero-order chi connectivity index (χ0) is 9.90. The number of aryl methyl sites for hydroxylation is 1. The molecule has 0 aromatic carbocycles. The first-order valence-corrected chi connectivity index (χ1v) is 3.67. The zero-order valence-corrected chi connectivity index (χ0v) is 6.64. The van der Waals surface area contributed by atoms with Crippen molar-refractivity contribution in [1.29, 1.82) is 0 Å². The summed E-state index contributed by atoms with van der Waals surface area (Å²) in [5, 5.41) is 8.40. The molecule has 0 spiro atoms. The molecule has 3 nitrogen and oxygen atoms in total. The van der Waals surface area contributed by atoms with Gasteiger partial charge in [-0.1, -0.05) is 0 Å². The number of nitrogens with zero attached hydrogens (tertiary/aromatic N) is 1. The summed E-state index contributed by atoms with van der Waals surface area (Å²) >= 11 is 0. The van der Waals surface area contributed by atoms with Crippen molar-refractivity contribution in [2.75, 3.05) is 6.61 Å². The molecule has 0 aliphatic rings. The van der Waals surface area contributed by atoms with Gasteiger partial charge in [-0.15, -0.1) is 0 Å². The molecule has 6 heteroatoms. The quantitative estimate of drug-likeness (QED) is 0.797. The monoisotopic (exact) mass is 195 g/mol. The van der Waals surface area contributed by atoms with Crippen LogP contribution in [-0.2, 0) is 12.6 Å². The lowest BCUT2D eigenvalue weighted by Crippen LogP contribution is -2.02. The largest absolute Gasteiger partial charge is 0.451 e. The third-order valence-corrected chi connectivity index (χ3v) is 1.38. The molecule has 1 N–H and O–H groups in total. The number of aromatic nitrogens is 1. The Bertz CT molecular complexity index is 269. The van der Waals surface area contributed by atoms with Crippen LogP contribution >= 0.6 is 0 Å². The summed E-state index contributed by atoms with van der Waals surface area (Å²) in [6.07, 6.45) is -3.28. The molecule has 0 saturated heterocycles. The lowest BCUT2D eigenvalue weighted by molar-refractivity contribution is -0.153. The maximum absolute atomic E-state index is 11.9. The highest BCUT2D eigenvalue weighted by Crippen LogP contribution is 2.29. The number of aliphatic hydroxyl groups is 1. The van der Waals surface area contributed by atoms with Gasteiger partial charge in [0.25, 0.3) is 0 Å². The van der Waals surface area contributed by atoms with Gasteiger partial charge in [0.05, 0.1) is 6.20 Å². The number of aliphatic hydroxyl groups excluding tert-OH is 1. The first kappa shape index (κ1) is 10.0. The summed E-state index contributed by atoms with van der Waals surface area (Å²) < 4.78 is 40.2. The molecule has 0 aliphatic carbocycles. The predicted octanol–water partition coefficient (Wildman–Crippen LogP) is 1.62. The van der Waals surface area contributed by atoms with E-state index in [0.29, 0.717) is 12.6 Å². The molecule has 74 valence electrons. The Morgan fingerprint density at radius 3 is 2.62 bits per heavy atom. The molecular weight excluding hydrogens is 187 g/mol. The Morgan fingerprint density at radius 2 is 2.15 bits per heavy atom. The minimum Gasteiger partial charge on any atom is -0.436 e. The zero-order valence-electron chi connectivity index (χ0n) is 6.64. The lowest BCUT2D eigenvalue weighted by Gasteiger charge is -1.99. The molecule has 0 bridgehead atoms. The van der Waals surface area contributed by atoms with E-state index in [1.54, 1.807) is 0 Å². The number of rotatable bonds is 3. The van der Waals surface area contributed by atoms with E-state index >= 15 is 0 Å². The molecule has 1 rings (SSSR count). The van der Waals surface area contributed by atoms with Crippen LogP contribution in [0.4, 0.5) is 13.2 Å². The smallest absolute Gasteiger partial charge is 0.436 e. The third kappa shape index (κ3) is 2.73. The fraction of sp³-hybridized carbons (Fsp3) is 0.571. The SMILES string of the molecule is OCCCc1ncc(C(F)(F)F)o1. The Morgan fingerprint density at radius 1 is 1.46 bits per heavy atom. The molecule has 0 aliphatic heterocycles. The maximum atomic E-state index is 11.9. The van der Waals surface area contributed by atoms with Gasteiger partial charge in [0.2, 0.25) is 5.76 Å². The van der Waals surface area contributed by atoms with Gasteiger partial charge in [0.1, 0.15) is 0 Å². The van der Waals surface area contributed by atoms with Crippen molar-refractivity contribution in [3.8, 4) is 0 Å². The minimum absolute atomic E-state index is 0.00127. The molecule has 13 heavy (non-hydrogen) atoms. The molecule has 0 amide bonds.